The SMILES string of the molecule is Cc1ccc(COc2ccc(Br)cc2CNC23CC4CC(CC(C4)C2)C3)cc1. The number of rotatable bonds is 6. The van der Waals surface area contributed by atoms with Gasteiger partial charge in [-0.2, -0.15) is 0 Å². The maximum atomic E-state index is 6.23. The maximum Gasteiger partial charge on any atom is 0.124 e. The normalized spacial score (nSPS) is 30.6. The lowest BCUT2D eigenvalue weighted by atomic mass is 9.53. The van der Waals surface area contributed by atoms with Crippen molar-refractivity contribution in [1.82, 2.24) is 5.32 Å². The van der Waals surface area contributed by atoms with E-state index < -0.39 is 0 Å². The van der Waals surface area contributed by atoms with E-state index in [4.69, 9.17) is 4.74 Å². The lowest BCUT2D eigenvalue weighted by molar-refractivity contribution is -0.0206. The van der Waals surface area contributed by atoms with Gasteiger partial charge >= 0.3 is 0 Å². The van der Waals surface area contributed by atoms with E-state index in [0.717, 1.165) is 34.5 Å². The molecule has 4 aliphatic carbocycles. The van der Waals surface area contributed by atoms with E-state index in [0.29, 0.717) is 12.1 Å². The van der Waals surface area contributed by atoms with Gasteiger partial charge in [0, 0.05) is 22.1 Å². The second-order valence-electron chi connectivity index (χ2n) is 9.58. The highest BCUT2D eigenvalue weighted by Gasteiger charge is 2.50. The van der Waals surface area contributed by atoms with E-state index in [9.17, 15) is 0 Å². The molecule has 0 aromatic heterocycles. The Morgan fingerprint density at radius 1 is 0.964 bits per heavy atom. The molecule has 28 heavy (non-hydrogen) atoms. The molecule has 2 nitrogen and oxygen atoms in total. The van der Waals surface area contributed by atoms with Gasteiger partial charge in [-0.1, -0.05) is 45.8 Å². The van der Waals surface area contributed by atoms with Crippen LogP contribution in [0.25, 0.3) is 0 Å². The zero-order chi connectivity index (χ0) is 19.1. The highest BCUT2D eigenvalue weighted by atomic mass is 79.9. The molecule has 4 aliphatic rings. The van der Waals surface area contributed by atoms with Crippen molar-refractivity contribution >= 4 is 15.9 Å². The molecule has 6 rings (SSSR count). The van der Waals surface area contributed by atoms with E-state index in [1.54, 1.807) is 0 Å². The summed E-state index contributed by atoms with van der Waals surface area (Å²) in [6, 6.07) is 15.0. The highest BCUT2D eigenvalue weighted by molar-refractivity contribution is 9.10. The molecule has 4 fully saturated rings. The molecule has 1 N–H and O–H groups in total. The quantitative estimate of drug-likeness (QED) is 0.562. The molecule has 0 aliphatic heterocycles. The van der Waals surface area contributed by atoms with Gasteiger partial charge < -0.3 is 10.1 Å². The smallest absolute Gasteiger partial charge is 0.124 e. The monoisotopic (exact) mass is 439 g/mol. The predicted octanol–water partition coefficient (Wildman–Crippen LogP) is 6.39. The molecule has 0 atom stereocenters. The molecule has 0 amide bonds. The predicted molar refractivity (Wildman–Crippen MR) is 117 cm³/mol. The first kappa shape index (κ1) is 18.7. The number of nitrogens with one attached hydrogen (secondary N) is 1. The van der Waals surface area contributed by atoms with Gasteiger partial charge in [0.1, 0.15) is 12.4 Å². The molecular weight excluding hydrogens is 410 g/mol. The standard InChI is InChI=1S/C25H30BrNO/c1-17-2-4-18(5-3-17)16-28-24-7-6-23(26)11-22(24)15-27-25-12-19-8-20(13-25)10-21(9-19)14-25/h2-7,11,19-21,27H,8-10,12-16H2,1H3. The largest absolute Gasteiger partial charge is 0.489 e. The van der Waals surface area contributed by atoms with Gasteiger partial charge in [-0.05, 0) is 87.0 Å². The Kier molecular flexibility index (Phi) is 5.00. The fraction of sp³-hybridized carbons (Fsp3) is 0.520. The lowest BCUT2D eigenvalue weighted by Gasteiger charge is -2.57. The second-order valence-corrected chi connectivity index (χ2v) is 10.5. The van der Waals surface area contributed by atoms with Gasteiger partial charge in [0.15, 0.2) is 0 Å². The maximum absolute atomic E-state index is 6.23. The summed E-state index contributed by atoms with van der Waals surface area (Å²) in [5.41, 5.74) is 4.14. The van der Waals surface area contributed by atoms with Crippen molar-refractivity contribution in [2.24, 2.45) is 17.8 Å². The molecule has 2 aromatic rings. The van der Waals surface area contributed by atoms with Crippen molar-refractivity contribution in [3.05, 3.63) is 63.6 Å². The van der Waals surface area contributed by atoms with Crippen LogP contribution in [0.3, 0.4) is 0 Å². The van der Waals surface area contributed by atoms with Crippen molar-refractivity contribution < 1.29 is 4.74 Å². The minimum atomic E-state index is 0.380. The van der Waals surface area contributed by atoms with Crippen LogP contribution in [0.5, 0.6) is 5.75 Å². The van der Waals surface area contributed by atoms with Gasteiger partial charge in [0.05, 0.1) is 0 Å². The van der Waals surface area contributed by atoms with Gasteiger partial charge in [-0.15, -0.1) is 0 Å². The van der Waals surface area contributed by atoms with Crippen LogP contribution in [-0.4, -0.2) is 5.54 Å². The molecule has 4 saturated carbocycles. The summed E-state index contributed by atoms with van der Waals surface area (Å²) >= 11 is 3.65. The van der Waals surface area contributed by atoms with Crippen molar-refractivity contribution in [3.63, 3.8) is 0 Å². The first-order valence-corrected chi connectivity index (χ1v) is 11.6. The van der Waals surface area contributed by atoms with Gasteiger partial charge in [0.25, 0.3) is 0 Å². The van der Waals surface area contributed by atoms with E-state index in [1.165, 1.54) is 55.2 Å². The minimum Gasteiger partial charge on any atom is -0.489 e. The summed E-state index contributed by atoms with van der Waals surface area (Å²) in [4.78, 5) is 0. The number of benzene rings is 2. The Morgan fingerprint density at radius 2 is 1.61 bits per heavy atom. The van der Waals surface area contributed by atoms with E-state index in [-0.39, 0.29) is 0 Å². The van der Waals surface area contributed by atoms with Crippen molar-refractivity contribution in [2.45, 2.75) is 64.1 Å². The third-order valence-corrected chi connectivity index (χ3v) is 7.72. The fourth-order valence-electron chi connectivity index (χ4n) is 6.28. The highest BCUT2D eigenvalue weighted by Crippen LogP contribution is 2.55. The van der Waals surface area contributed by atoms with Crippen LogP contribution in [-0.2, 0) is 13.2 Å². The molecule has 4 bridgehead atoms. The summed E-state index contributed by atoms with van der Waals surface area (Å²) in [6.07, 6.45) is 8.61. The van der Waals surface area contributed by atoms with E-state index in [2.05, 4.69) is 70.6 Å². The van der Waals surface area contributed by atoms with Gasteiger partial charge in [0.2, 0.25) is 0 Å². The average Bonchev–Trinajstić information content (AvgIpc) is 2.66. The molecule has 0 spiro atoms. The van der Waals surface area contributed by atoms with Crippen LogP contribution >= 0.6 is 15.9 Å². The van der Waals surface area contributed by atoms with Crippen LogP contribution in [0.4, 0.5) is 0 Å². The molecule has 3 heteroatoms. The average molecular weight is 440 g/mol. The molecule has 148 valence electrons. The topological polar surface area (TPSA) is 21.3 Å². The molecule has 0 unspecified atom stereocenters. The molecule has 2 aromatic carbocycles. The Labute approximate surface area is 177 Å². The van der Waals surface area contributed by atoms with Crippen molar-refractivity contribution in [2.75, 3.05) is 0 Å². The number of hydrogen-bond donors (Lipinski definition) is 1. The Balaban J connectivity index is 1.28. The summed E-state index contributed by atoms with van der Waals surface area (Å²) in [5, 5.41) is 4.02. The van der Waals surface area contributed by atoms with E-state index in [1.807, 2.05) is 0 Å². The summed E-state index contributed by atoms with van der Waals surface area (Å²) in [6.45, 7) is 3.63. The third kappa shape index (κ3) is 3.89. The first-order valence-electron chi connectivity index (χ1n) is 10.8. The fourth-order valence-corrected chi connectivity index (χ4v) is 6.69. The Morgan fingerprint density at radius 3 is 2.25 bits per heavy atom. The Bertz CT molecular complexity index is 809. The van der Waals surface area contributed by atoms with Crippen LogP contribution in [0, 0.1) is 24.7 Å². The zero-order valence-corrected chi connectivity index (χ0v) is 18.3. The van der Waals surface area contributed by atoms with Crippen LogP contribution in [0.1, 0.15) is 55.2 Å². The number of halogens is 1. The van der Waals surface area contributed by atoms with Crippen LogP contribution < -0.4 is 10.1 Å². The lowest BCUT2D eigenvalue weighted by Crippen LogP contribution is -2.58. The Hall–Kier alpha value is -1.32. The first-order chi connectivity index (χ1) is 13.6. The van der Waals surface area contributed by atoms with Crippen molar-refractivity contribution in [3.8, 4) is 5.75 Å². The molecule has 0 saturated heterocycles. The third-order valence-electron chi connectivity index (χ3n) is 7.23. The molecule has 0 radical (unpaired) electrons. The second kappa shape index (κ2) is 7.50. The zero-order valence-electron chi connectivity index (χ0n) is 16.7. The summed E-state index contributed by atoms with van der Waals surface area (Å²) in [7, 11) is 0. The summed E-state index contributed by atoms with van der Waals surface area (Å²) < 4.78 is 7.35. The van der Waals surface area contributed by atoms with Crippen LogP contribution in [0.15, 0.2) is 46.9 Å². The van der Waals surface area contributed by atoms with Crippen molar-refractivity contribution in [1.29, 1.82) is 0 Å². The van der Waals surface area contributed by atoms with Gasteiger partial charge in [-0.3, -0.25) is 0 Å². The van der Waals surface area contributed by atoms with Crippen LogP contribution in [0.2, 0.25) is 0 Å². The molecular formula is C25H30BrNO. The minimum absolute atomic E-state index is 0.380. The number of aryl methyl sites for hydroxylation is 1. The number of hydrogen-bond acceptors (Lipinski definition) is 2. The van der Waals surface area contributed by atoms with Gasteiger partial charge in [-0.25, -0.2) is 0 Å². The number of ether oxygens (including phenoxy) is 1. The molecule has 0 heterocycles. The van der Waals surface area contributed by atoms with E-state index >= 15 is 0 Å². The summed E-state index contributed by atoms with van der Waals surface area (Å²) in [5.74, 6) is 3.91.